The number of halogens is 1. The highest BCUT2D eigenvalue weighted by atomic mass is 35.5. The third-order valence-electron chi connectivity index (χ3n) is 2.80. The number of aryl methyl sites for hydroxylation is 1. The van der Waals surface area contributed by atoms with E-state index in [1.165, 1.54) is 25.4 Å². The monoisotopic (exact) mass is 304 g/mol. The van der Waals surface area contributed by atoms with E-state index in [2.05, 4.69) is 15.0 Å². The molecule has 21 heavy (non-hydrogen) atoms. The van der Waals surface area contributed by atoms with Gasteiger partial charge in [-0.1, -0.05) is 11.6 Å². The molecule has 1 aromatic heterocycles. The zero-order valence-corrected chi connectivity index (χ0v) is 12.3. The number of hydrogen-bond donors (Lipinski definition) is 1. The highest BCUT2D eigenvalue weighted by Crippen LogP contribution is 2.21. The third-order valence-corrected chi connectivity index (χ3v) is 3.13. The van der Waals surface area contributed by atoms with Gasteiger partial charge in [-0.25, -0.2) is 4.79 Å². The van der Waals surface area contributed by atoms with Gasteiger partial charge in [0, 0.05) is 17.6 Å². The van der Waals surface area contributed by atoms with Gasteiger partial charge in [-0.3, -0.25) is 9.78 Å². The molecule has 2 rings (SSSR count). The van der Waals surface area contributed by atoms with Crippen molar-refractivity contribution in [3.05, 3.63) is 58.4 Å². The summed E-state index contributed by atoms with van der Waals surface area (Å²) >= 11 is 5.92. The van der Waals surface area contributed by atoms with Crippen LogP contribution in [0.25, 0.3) is 0 Å². The van der Waals surface area contributed by atoms with Gasteiger partial charge in [0.2, 0.25) is 0 Å². The molecule has 1 heterocycles. The number of methoxy groups -OCH3 is 1. The van der Waals surface area contributed by atoms with Gasteiger partial charge in [0.1, 0.15) is 0 Å². The number of pyridine rings is 1. The second-order valence-electron chi connectivity index (χ2n) is 4.33. The number of aromatic nitrogens is 1. The lowest BCUT2D eigenvalue weighted by molar-refractivity contribution is 0.0600. The Morgan fingerprint density at radius 1 is 1.24 bits per heavy atom. The Bertz CT molecular complexity index is 684. The van der Waals surface area contributed by atoms with E-state index in [1.54, 1.807) is 18.2 Å². The molecule has 0 aliphatic rings. The molecule has 6 heteroatoms. The van der Waals surface area contributed by atoms with Crippen LogP contribution in [0.5, 0.6) is 0 Å². The molecule has 108 valence electrons. The minimum atomic E-state index is -0.562. The Morgan fingerprint density at radius 2 is 2.00 bits per heavy atom. The number of esters is 1. The molecule has 0 saturated heterocycles. The Labute approximate surface area is 126 Å². The number of benzene rings is 1. The molecule has 0 bridgehead atoms. The molecule has 1 amide bonds. The molecule has 1 N–H and O–H groups in total. The van der Waals surface area contributed by atoms with E-state index in [1.807, 2.05) is 6.92 Å². The summed E-state index contributed by atoms with van der Waals surface area (Å²) in [6.07, 6.45) is 1.49. The summed E-state index contributed by atoms with van der Waals surface area (Å²) in [6.45, 7) is 1.84. The molecule has 1 aromatic carbocycles. The lowest BCUT2D eigenvalue weighted by Gasteiger charge is -2.08. The van der Waals surface area contributed by atoms with Crippen LogP contribution in [-0.4, -0.2) is 24.0 Å². The second kappa shape index (κ2) is 6.37. The SMILES string of the molecule is COC(=O)c1cc(NC(=O)c2ccc(C)nc2)ccc1Cl. The summed E-state index contributed by atoms with van der Waals surface area (Å²) in [5.74, 6) is -0.881. The van der Waals surface area contributed by atoms with Crippen molar-refractivity contribution in [1.29, 1.82) is 0 Å². The average Bonchev–Trinajstić information content (AvgIpc) is 2.49. The number of carbonyl (C=O) groups is 2. The van der Waals surface area contributed by atoms with Crippen molar-refractivity contribution in [2.75, 3.05) is 12.4 Å². The Hall–Kier alpha value is -2.40. The van der Waals surface area contributed by atoms with Crippen molar-refractivity contribution in [3.8, 4) is 0 Å². The van der Waals surface area contributed by atoms with Crippen LogP contribution in [0, 0.1) is 6.92 Å². The summed E-state index contributed by atoms with van der Waals surface area (Å²) in [5, 5.41) is 2.94. The van der Waals surface area contributed by atoms with Crippen molar-refractivity contribution < 1.29 is 14.3 Å². The van der Waals surface area contributed by atoms with E-state index >= 15 is 0 Å². The molecule has 0 unspecified atom stereocenters. The molecule has 2 aromatic rings. The van der Waals surface area contributed by atoms with E-state index in [9.17, 15) is 9.59 Å². The average molecular weight is 305 g/mol. The van der Waals surface area contributed by atoms with Crippen LogP contribution in [0.1, 0.15) is 26.4 Å². The van der Waals surface area contributed by atoms with Crippen LogP contribution in [-0.2, 0) is 4.74 Å². The van der Waals surface area contributed by atoms with Crippen LogP contribution in [0.2, 0.25) is 5.02 Å². The van der Waals surface area contributed by atoms with Crippen molar-refractivity contribution in [2.45, 2.75) is 6.92 Å². The van der Waals surface area contributed by atoms with Gasteiger partial charge in [0.05, 0.1) is 23.3 Å². The quantitative estimate of drug-likeness (QED) is 0.885. The standard InChI is InChI=1S/C15H13ClN2O3/c1-9-3-4-10(8-17-9)14(19)18-11-5-6-13(16)12(7-11)15(20)21-2/h3-8H,1-2H3,(H,18,19). The third kappa shape index (κ3) is 3.58. The van der Waals surface area contributed by atoms with Crippen molar-refractivity contribution in [3.63, 3.8) is 0 Å². The number of ether oxygens (including phenoxy) is 1. The number of amides is 1. The number of hydrogen-bond acceptors (Lipinski definition) is 4. The zero-order chi connectivity index (χ0) is 15.4. The summed E-state index contributed by atoms with van der Waals surface area (Å²) in [7, 11) is 1.27. The number of nitrogens with zero attached hydrogens (tertiary/aromatic N) is 1. The number of nitrogens with one attached hydrogen (secondary N) is 1. The number of carbonyl (C=O) groups excluding carboxylic acids is 2. The normalized spacial score (nSPS) is 10.0. The van der Waals surface area contributed by atoms with Crippen LogP contribution in [0.4, 0.5) is 5.69 Å². The minimum Gasteiger partial charge on any atom is -0.465 e. The topological polar surface area (TPSA) is 68.3 Å². The molecule has 0 radical (unpaired) electrons. The van der Waals surface area contributed by atoms with E-state index in [0.29, 0.717) is 11.3 Å². The maximum Gasteiger partial charge on any atom is 0.339 e. The molecule has 0 saturated carbocycles. The van der Waals surface area contributed by atoms with Gasteiger partial charge in [-0.2, -0.15) is 0 Å². The second-order valence-corrected chi connectivity index (χ2v) is 4.74. The zero-order valence-electron chi connectivity index (χ0n) is 11.5. The van der Waals surface area contributed by atoms with E-state index in [-0.39, 0.29) is 16.5 Å². The van der Waals surface area contributed by atoms with Gasteiger partial charge in [0.25, 0.3) is 5.91 Å². The van der Waals surface area contributed by atoms with E-state index < -0.39 is 5.97 Å². The van der Waals surface area contributed by atoms with E-state index in [0.717, 1.165) is 5.69 Å². The van der Waals surface area contributed by atoms with Gasteiger partial charge in [0.15, 0.2) is 0 Å². The smallest absolute Gasteiger partial charge is 0.339 e. The number of anilines is 1. The van der Waals surface area contributed by atoms with Crippen LogP contribution >= 0.6 is 11.6 Å². The Kier molecular flexibility index (Phi) is 4.55. The number of rotatable bonds is 3. The molecular formula is C15H13ClN2O3. The largest absolute Gasteiger partial charge is 0.465 e. The fourth-order valence-electron chi connectivity index (χ4n) is 1.67. The lowest BCUT2D eigenvalue weighted by atomic mass is 10.2. The molecule has 0 aliphatic carbocycles. The predicted molar refractivity (Wildman–Crippen MR) is 79.7 cm³/mol. The van der Waals surface area contributed by atoms with Crippen molar-refractivity contribution in [1.82, 2.24) is 4.98 Å². The summed E-state index contributed by atoms with van der Waals surface area (Å²) < 4.78 is 4.63. The molecule has 0 fully saturated rings. The summed E-state index contributed by atoms with van der Waals surface area (Å²) in [6, 6.07) is 8.02. The van der Waals surface area contributed by atoms with Gasteiger partial charge < -0.3 is 10.1 Å². The van der Waals surface area contributed by atoms with Crippen LogP contribution in [0.15, 0.2) is 36.5 Å². The first-order chi connectivity index (χ1) is 10.0. The first-order valence-electron chi connectivity index (χ1n) is 6.13. The van der Waals surface area contributed by atoms with Gasteiger partial charge in [-0.05, 0) is 37.3 Å². The fraction of sp³-hybridized carbons (Fsp3) is 0.133. The Morgan fingerprint density at radius 3 is 2.62 bits per heavy atom. The molecular weight excluding hydrogens is 292 g/mol. The van der Waals surface area contributed by atoms with Gasteiger partial charge >= 0.3 is 5.97 Å². The summed E-state index contributed by atoms with van der Waals surface area (Å²) in [4.78, 5) is 27.7. The first-order valence-corrected chi connectivity index (χ1v) is 6.51. The maximum atomic E-state index is 12.1. The Balaban J connectivity index is 2.21. The van der Waals surface area contributed by atoms with Crippen LogP contribution < -0.4 is 5.32 Å². The molecule has 0 aliphatic heterocycles. The first kappa shape index (κ1) is 15.0. The molecule has 0 atom stereocenters. The van der Waals surface area contributed by atoms with Crippen molar-refractivity contribution >= 4 is 29.2 Å². The fourth-order valence-corrected chi connectivity index (χ4v) is 1.87. The molecule has 0 spiro atoms. The van der Waals surface area contributed by atoms with Crippen LogP contribution in [0.3, 0.4) is 0 Å². The molecule has 5 nitrogen and oxygen atoms in total. The minimum absolute atomic E-state index is 0.194. The highest BCUT2D eigenvalue weighted by molar-refractivity contribution is 6.33. The lowest BCUT2D eigenvalue weighted by Crippen LogP contribution is -2.13. The highest BCUT2D eigenvalue weighted by Gasteiger charge is 2.13. The van der Waals surface area contributed by atoms with Gasteiger partial charge in [-0.15, -0.1) is 0 Å². The van der Waals surface area contributed by atoms with Crippen molar-refractivity contribution in [2.24, 2.45) is 0 Å². The predicted octanol–water partition coefficient (Wildman–Crippen LogP) is 3.08. The van der Waals surface area contributed by atoms with E-state index in [4.69, 9.17) is 11.6 Å². The summed E-state index contributed by atoms with van der Waals surface area (Å²) in [5.41, 5.74) is 1.89. The maximum absolute atomic E-state index is 12.1.